The smallest absolute Gasteiger partial charge is 0.223 e. The van der Waals surface area contributed by atoms with E-state index in [9.17, 15) is 0 Å². The molecule has 1 aliphatic carbocycles. The molecule has 2 aliphatic rings. The van der Waals surface area contributed by atoms with Crippen molar-refractivity contribution in [1.29, 1.82) is 0 Å². The minimum atomic E-state index is -0.966. The van der Waals surface area contributed by atoms with Crippen LogP contribution in [0.5, 0.6) is 0 Å². The number of benzene rings is 4. The Morgan fingerprint density at radius 3 is 1.05 bits per heavy atom. The van der Waals surface area contributed by atoms with Crippen molar-refractivity contribution in [3.63, 3.8) is 0 Å². The fourth-order valence-corrected chi connectivity index (χ4v) is 12.7. The second-order valence-corrected chi connectivity index (χ2v) is 17.0. The van der Waals surface area contributed by atoms with E-state index in [1.54, 1.807) is 14.2 Å². The zero-order valence-electron chi connectivity index (χ0n) is 26.2. The Bertz CT molecular complexity index is 1270. The minimum Gasteiger partial charge on any atom is -0.349 e. The predicted octanol–water partition coefficient (Wildman–Crippen LogP) is 7.07. The highest BCUT2D eigenvalue weighted by molar-refractivity contribution is 7.74. The Kier molecular flexibility index (Phi) is 9.98. The molecular formula is C38H44O4P2. The largest absolute Gasteiger partial charge is 0.349 e. The Morgan fingerprint density at radius 2 is 0.795 bits per heavy atom. The molecule has 1 aliphatic heterocycles. The van der Waals surface area contributed by atoms with E-state index in [0.717, 1.165) is 25.7 Å². The van der Waals surface area contributed by atoms with Crippen molar-refractivity contribution in [2.24, 2.45) is 0 Å². The number of ether oxygens (including phenoxy) is 4. The van der Waals surface area contributed by atoms with Gasteiger partial charge in [-0.3, -0.25) is 0 Å². The first kappa shape index (κ1) is 31.6. The van der Waals surface area contributed by atoms with Gasteiger partial charge in [0.25, 0.3) is 0 Å². The van der Waals surface area contributed by atoms with Crippen LogP contribution in [0.1, 0.15) is 39.5 Å². The van der Waals surface area contributed by atoms with E-state index in [-0.39, 0.29) is 23.5 Å². The van der Waals surface area contributed by atoms with Gasteiger partial charge in [-0.05, 0) is 49.9 Å². The van der Waals surface area contributed by atoms with Crippen molar-refractivity contribution in [3.8, 4) is 0 Å². The zero-order chi connectivity index (χ0) is 30.6. The van der Waals surface area contributed by atoms with Crippen LogP contribution in [0.4, 0.5) is 0 Å². The number of methoxy groups -OCH3 is 2. The van der Waals surface area contributed by atoms with Crippen LogP contribution in [0, 0.1) is 0 Å². The summed E-state index contributed by atoms with van der Waals surface area (Å²) in [6, 6.07) is 43.7. The summed E-state index contributed by atoms with van der Waals surface area (Å²) in [6.45, 7) is 4.72. The molecule has 1 heterocycles. The molecule has 230 valence electrons. The quantitative estimate of drug-likeness (QED) is 0.177. The number of hydrogen-bond acceptors (Lipinski definition) is 4. The van der Waals surface area contributed by atoms with Crippen LogP contribution in [0.15, 0.2) is 121 Å². The molecule has 4 nitrogen and oxygen atoms in total. The number of fused-ring (bicyclic) bond motifs is 1. The van der Waals surface area contributed by atoms with Gasteiger partial charge in [-0.15, -0.1) is 0 Å². The molecule has 0 N–H and O–H groups in total. The third-order valence-electron chi connectivity index (χ3n) is 9.38. The van der Waals surface area contributed by atoms with Crippen LogP contribution in [0.25, 0.3) is 0 Å². The van der Waals surface area contributed by atoms with Gasteiger partial charge >= 0.3 is 0 Å². The van der Waals surface area contributed by atoms with Gasteiger partial charge in [0.1, 0.15) is 0 Å². The van der Waals surface area contributed by atoms with Gasteiger partial charge in [0, 0.05) is 38.4 Å². The summed E-state index contributed by atoms with van der Waals surface area (Å²) in [6.07, 6.45) is 3.04. The zero-order valence-corrected chi connectivity index (χ0v) is 28.0. The molecule has 0 radical (unpaired) electrons. The highest BCUT2D eigenvalue weighted by atomic mass is 31.1. The molecule has 1 saturated heterocycles. The lowest BCUT2D eigenvalue weighted by Gasteiger charge is -2.59. The molecule has 4 aromatic rings. The topological polar surface area (TPSA) is 36.9 Å². The Balaban J connectivity index is 1.49. The van der Waals surface area contributed by atoms with E-state index in [1.807, 2.05) is 0 Å². The Morgan fingerprint density at radius 1 is 0.523 bits per heavy atom. The molecule has 6 rings (SSSR count). The van der Waals surface area contributed by atoms with Gasteiger partial charge in [-0.2, -0.15) is 0 Å². The van der Waals surface area contributed by atoms with Crippen LogP contribution in [0.2, 0.25) is 0 Å². The first-order valence-corrected chi connectivity index (χ1v) is 18.6. The fourth-order valence-electron chi connectivity index (χ4n) is 7.21. The molecule has 0 bridgehead atoms. The summed E-state index contributed by atoms with van der Waals surface area (Å²) in [4.78, 5) is 0. The van der Waals surface area contributed by atoms with Gasteiger partial charge in [0.2, 0.25) is 11.6 Å². The molecule has 0 aromatic heterocycles. The van der Waals surface area contributed by atoms with Crippen molar-refractivity contribution in [2.75, 3.05) is 14.2 Å². The van der Waals surface area contributed by atoms with Crippen LogP contribution < -0.4 is 21.2 Å². The second-order valence-electron chi connectivity index (χ2n) is 11.8. The van der Waals surface area contributed by atoms with E-state index in [1.165, 1.54) is 21.2 Å². The van der Waals surface area contributed by atoms with Crippen molar-refractivity contribution in [2.45, 2.75) is 74.6 Å². The first-order valence-electron chi connectivity index (χ1n) is 15.8. The van der Waals surface area contributed by atoms with Gasteiger partial charge < -0.3 is 18.9 Å². The normalized spacial score (nSPS) is 26.7. The SMILES string of the molecule is COC12CCCCC1(OC)OC(C(C)P(c1ccccc1)c1ccccc1)C(C(C)P(c1ccccc1)c1ccccc1)O2. The molecule has 0 amide bonds. The molecule has 4 aromatic carbocycles. The summed E-state index contributed by atoms with van der Waals surface area (Å²) in [7, 11) is 1.95. The highest BCUT2D eigenvalue weighted by Gasteiger charge is 2.64. The summed E-state index contributed by atoms with van der Waals surface area (Å²) in [5.74, 6) is -1.93. The lowest BCUT2D eigenvalue weighted by molar-refractivity contribution is -0.468. The molecule has 0 spiro atoms. The van der Waals surface area contributed by atoms with Crippen molar-refractivity contribution in [3.05, 3.63) is 121 Å². The maximum Gasteiger partial charge on any atom is 0.223 e. The summed E-state index contributed by atoms with van der Waals surface area (Å²) >= 11 is 0. The monoisotopic (exact) mass is 626 g/mol. The lowest BCUT2D eigenvalue weighted by atomic mass is 9.85. The van der Waals surface area contributed by atoms with Crippen molar-refractivity contribution in [1.82, 2.24) is 0 Å². The van der Waals surface area contributed by atoms with Gasteiger partial charge in [0.05, 0.1) is 12.2 Å². The molecule has 6 atom stereocenters. The second kappa shape index (κ2) is 13.9. The van der Waals surface area contributed by atoms with E-state index < -0.39 is 27.4 Å². The van der Waals surface area contributed by atoms with Gasteiger partial charge in [0.15, 0.2) is 0 Å². The standard InChI is InChI=1S/C38H44O4P2/c1-29(43(31-19-9-5-10-20-31)32-21-11-6-12-22-32)35-36(42-38(40-4)28-18-17-27-37(38,39-3)41-35)30(2)44(33-23-13-7-14-24-33)34-25-15-8-16-26-34/h5-16,19-26,29-30,35-36H,17-18,27-28H2,1-4H3. The Hall–Kier alpha value is -2.42. The third kappa shape index (κ3) is 5.94. The maximum absolute atomic E-state index is 7.42. The Labute approximate surface area is 265 Å². The summed E-state index contributed by atoms with van der Waals surface area (Å²) in [5, 5.41) is 5.35. The highest BCUT2D eigenvalue weighted by Crippen LogP contribution is 2.56. The van der Waals surface area contributed by atoms with Crippen molar-refractivity contribution < 1.29 is 18.9 Å². The number of rotatable bonds is 10. The van der Waals surface area contributed by atoms with E-state index >= 15 is 0 Å². The average molecular weight is 627 g/mol. The van der Waals surface area contributed by atoms with E-state index in [4.69, 9.17) is 18.9 Å². The van der Waals surface area contributed by atoms with Gasteiger partial charge in [-0.1, -0.05) is 135 Å². The first-order chi connectivity index (χ1) is 21.5. The van der Waals surface area contributed by atoms with Crippen LogP contribution in [-0.4, -0.2) is 49.3 Å². The molecular weight excluding hydrogens is 582 g/mol. The molecule has 6 heteroatoms. The fraction of sp³-hybridized carbons (Fsp3) is 0.368. The third-order valence-corrected chi connectivity index (χ3v) is 15.0. The van der Waals surface area contributed by atoms with Crippen molar-refractivity contribution >= 4 is 37.1 Å². The van der Waals surface area contributed by atoms with E-state index in [2.05, 4.69) is 135 Å². The van der Waals surface area contributed by atoms with E-state index in [0.29, 0.717) is 0 Å². The van der Waals surface area contributed by atoms with Crippen LogP contribution >= 0.6 is 15.8 Å². The predicted molar refractivity (Wildman–Crippen MR) is 185 cm³/mol. The summed E-state index contributed by atoms with van der Waals surface area (Å²) < 4.78 is 27.5. The minimum absolute atomic E-state index is 0.134. The maximum atomic E-state index is 7.42. The molecule has 2 fully saturated rings. The summed E-state index contributed by atoms with van der Waals surface area (Å²) in [5.41, 5.74) is 0.268. The average Bonchev–Trinajstić information content (AvgIpc) is 3.09. The molecule has 1 saturated carbocycles. The number of hydrogen-bond donors (Lipinski definition) is 0. The lowest BCUT2D eigenvalue weighted by Crippen LogP contribution is -2.71. The molecule has 6 unspecified atom stereocenters. The molecule has 44 heavy (non-hydrogen) atoms. The van der Waals surface area contributed by atoms with Crippen LogP contribution in [-0.2, 0) is 18.9 Å². The van der Waals surface area contributed by atoms with Gasteiger partial charge in [-0.25, -0.2) is 0 Å². The van der Waals surface area contributed by atoms with Crippen LogP contribution in [0.3, 0.4) is 0 Å².